The zero-order chi connectivity index (χ0) is 17.6. The van der Waals surface area contributed by atoms with Gasteiger partial charge < -0.3 is 10.2 Å². The number of carbonyl (C=O) groups is 1. The van der Waals surface area contributed by atoms with Crippen molar-refractivity contribution in [3.8, 4) is 0 Å². The van der Waals surface area contributed by atoms with Crippen LogP contribution in [0.1, 0.15) is 43.5 Å². The second-order valence-corrected chi connectivity index (χ2v) is 6.60. The number of amides is 1. The van der Waals surface area contributed by atoms with Crippen LogP contribution < -0.4 is 5.32 Å². The maximum atomic E-state index is 12.9. The lowest BCUT2D eigenvalue weighted by Gasteiger charge is -2.34. The summed E-state index contributed by atoms with van der Waals surface area (Å²) in [5.41, 5.74) is 1.12. The van der Waals surface area contributed by atoms with Crippen LogP contribution in [0.2, 0.25) is 0 Å². The van der Waals surface area contributed by atoms with Crippen molar-refractivity contribution in [1.29, 1.82) is 0 Å². The quantitative estimate of drug-likeness (QED) is 0.908. The molecule has 1 amide bonds. The minimum Gasteiger partial charge on any atom is -0.367 e. The van der Waals surface area contributed by atoms with Crippen LogP contribution in [0.3, 0.4) is 0 Å². The summed E-state index contributed by atoms with van der Waals surface area (Å²) in [5.74, 6) is 1.86. The van der Waals surface area contributed by atoms with Gasteiger partial charge in [0.2, 0.25) is 5.91 Å². The number of aryl methyl sites for hydroxylation is 1. The second-order valence-electron chi connectivity index (χ2n) is 6.60. The lowest BCUT2D eigenvalue weighted by molar-refractivity contribution is -0.133. The van der Waals surface area contributed by atoms with Gasteiger partial charge in [0.15, 0.2) is 0 Å². The molecule has 0 spiro atoms. The molecule has 0 aliphatic carbocycles. The van der Waals surface area contributed by atoms with E-state index < -0.39 is 0 Å². The number of piperidine rings is 1. The first-order chi connectivity index (χ1) is 12.2. The molecule has 25 heavy (non-hydrogen) atoms. The second kappa shape index (κ2) is 8.10. The average molecular weight is 338 g/mol. The highest BCUT2D eigenvalue weighted by Crippen LogP contribution is 2.24. The number of aromatic nitrogens is 2. The van der Waals surface area contributed by atoms with E-state index in [1.54, 1.807) is 6.20 Å². The number of likely N-dealkylation sites (tertiary alicyclic amines) is 1. The van der Waals surface area contributed by atoms with E-state index in [4.69, 9.17) is 0 Å². The Bertz CT molecular complexity index is 696. The maximum absolute atomic E-state index is 12.9. The van der Waals surface area contributed by atoms with Gasteiger partial charge in [-0.15, -0.1) is 0 Å². The maximum Gasteiger partial charge on any atom is 0.230 e. The number of hydrogen-bond acceptors (Lipinski definition) is 4. The van der Waals surface area contributed by atoms with E-state index in [0.717, 1.165) is 49.6 Å². The highest BCUT2D eigenvalue weighted by atomic mass is 16.2. The van der Waals surface area contributed by atoms with Gasteiger partial charge in [-0.2, -0.15) is 0 Å². The Balaban J connectivity index is 1.57. The normalized spacial score (nSPS) is 16.5. The highest BCUT2D eigenvalue weighted by Gasteiger charge is 2.28. The summed E-state index contributed by atoms with van der Waals surface area (Å²) in [6, 6.07) is 12.4. The summed E-state index contributed by atoms with van der Waals surface area (Å²) in [4.78, 5) is 23.5. The van der Waals surface area contributed by atoms with Gasteiger partial charge in [-0.05, 0) is 37.8 Å². The summed E-state index contributed by atoms with van der Waals surface area (Å²) in [7, 11) is 0. The van der Waals surface area contributed by atoms with Crippen molar-refractivity contribution in [2.75, 3.05) is 18.4 Å². The lowest BCUT2D eigenvalue weighted by atomic mass is 9.93. The first-order valence-electron chi connectivity index (χ1n) is 9.07. The van der Waals surface area contributed by atoms with Crippen molar-refractivity contribution in [2.45, 2.75) is 45.1 Å². The van der Waals surface area contributed by atoms with Crippen molar-refractivity contribution in [3.05, 3.63) is 54.0 Å². The zero-order valence-corrected chi connectivity index (χ0v) is 15.0. The smallest absolute Gasteiger partial charge is 0.230 e. The number of rotatable bonds is 5. The molecule has 1 atom stereocenters. The number of nitrogens with zero attached hydrogens (tertiary/aromatic N) is 3. The van der Waals surface area contributed by atoms with Crippen molar-refractivity contribution >= 4 is 11.7 Å². The summed E-state index contributed by atoms with van der Waals surface area (Å²) >= 11 is 0. The third-order valence-electron chi connectivity index (χ3n) is 4.84. The average Bonchev–Trinajstić information content (AvgIpc) is 2.64. The van der Waals surface area contributed by atoms with Gasteiger partial charge in [0.25, 0.3) is 0 Å². The fraction of sp³-hybridized carbons (Fsp3) is 0.450. The van der Waals surface area contributed by atoms with Gasteiger partial charge in [-0.25, -0.2) is 9.97 Å². The minimum absolute atomic E-state index is 0.0322. The van der Waals surface area contributed by atoms with E-state index in [1.165, 1.54) is 0 Å². The van der Waals surface area contributed by atoms with Crippen LogP contribution in [-0.2, 0) is 4.79 Å². The third-order valence-corrected chi connectivity index (χ3v) is 4.84. The molecule has 1 aromatic heterocycles. The van der Waals surface area contributed by atoms with Crippen LogP contribution in [0, 0.1) is 6.92 Å². The van der Waals surface area contributed by atoms with E-state index >= 15 is 0 Å². The number of anilines is 1. The number of benzene rings is 1. The highest BCUT2D eigenvalue weighted by molar-refractivity contribution is 5.83. The Labute approximate surface area is 149 Å². The predicted octanol–water partition coefficient (Wildman–Crippen LogP) is 3.38. The van der Waals surface area contributed by atoms with Crippen LogP contribution in [0.5, 0.6) is 0 Å². The minimum atomic E-state index is -0.0322. The molecule has 2 heterocycles. The van der Waals surface area contributed by atoms with E-state index in [9.17, 15) is 4.79 Å². The molecule has 1 N–H and O–H groups in total. The molecule has 1 aliphatic rings. The number of carbonyl (C=O) groups excluding carboxylic acids is 1. The molecule has 3 rings (SSSR count). The molecular weight excluding hydrogens is 312 g/mol. The van der Waals surface area contributed by atoms with E-state index in [0.29, 0.717) is 6.04 Å². The lowest BCUT2D eigenvalue weighted by Crippen LogP contribution is -2.44. The Kier molecular flexibility index (Phi) is 5.64. The predicted molar refractivity (Wildman–Crippen MR) is 99.5 cm³/mol. The molecular formula is C20H26N4O. The standard InChI is InChI=1S/C20H26N4O/c1-3-18(16-7-5-4-6-8-16)20(25)24-13-10-17(11-14-24)23-19-9-12-21-15(2)22-19/h4-9,12,17-18H,3,10-11,13-14H2,1-2H3,(H,21,22,23). The van der Waals surface area contributed by atoms with Crippen molar-refractivity contribution in [1.82, 2.24) is 14.9 Å². The molecule has 0 saturated carbocycles. The molecule has 1 aliphatic heterocycles. The molecule has 1 saturated heterocycles. The van der Waals surface area contributed by atoms with Gasteiger partial charge in [0.1, 0.15) is 11.6 Å². The molecule has 132 valence electrons. The van der Waals surface area contributed by atoms with Crippen LogP contribution in [0.15, 0.2) is 42.6 Å². The Morgan fingerprint density at radius 1 is 1.24 bits per heavy atom. The Morgan fingerprint density at radius 3 is 2.60 bits per heavy atom. The molecule has 2 aromatic rings. The summed E-state index contributed by atoms with van der Waals surface area (Å²) in [5, 5.41) is 3.47. The van der Waals surface area contributed by atoms with Crippen molar-refractivity contribution in [2.24, 2.45) is 0 Å². The topological polar surface area (TPSA) is 58.1 Å². The number of nitrogens with one attached hydrogen (secondary N) is 1. The molecule has 5 nitrogen and oxygen atoms in total. The van der Waals surface area contributed by atoms with Gasteiger partial charge in [-0.3, -0.25) is 4.79 Å². The molecule has 1 aromatic carbocycles. The summed E-state index contributed by atoms with van der Waals surface area (Å²) < 4.78 is 0. The van der Waals surface area contributed by atoms with Gasteiger partial charge >= 0.3 is 0 Å². The van der Waals surface area contributed by atoms with Crippen LogP contribution in [-0.4, -0.2) is 39.9 Å². The van der Waals surface area contributed by atoms with Crippen LogP contribution in [0.4, 0.5) is 5.82 Å². The molecule has 0 bridgehead atoms. The molecule has 0 radical (unpaired) electrons. The first-order valence-corrected chi connectivity index (χ1v) is 9.07. The van der Waals surface area contributed by atoms with E-state index in [1.807, 2.05) is 36.1 Å². The van der Waals surface area contributed by atoms with Crippen molar-refractivity contribution < 1.29 is 4.79 Å². The SMILES string of the molecule is CCC(C(=O)N1CCC(Nc2ccnc(C)n2)CC1)c1ccccc1. The van der Waals surface area contributed by atoms with Gasteiger partial charge in [-0.1, -0.05) is 37.3 Å². The van der Waals surface area contributed by atoms with E-state index in [-0.39, 0.29) is 11.8 Å². The molecule has 1 fully saturated rings. The summed E-state index contributed by atoms with van der Waals surface area (Å²) in [6.45, 7) is 5.57. The first kappa shape index (κ1) is 17.4. The third kappa shape index (κ3) is 4.35. The fourth-order valence-corrected chi connectivity index (χ4v) is 3.45. The van der Waals surface area contributed by atoms with Crippen LogP contribution in [0.25, 0.3) is 0 Å². The monoisotopic (exact) mass is 338 g/mol. The summed E-state index contributed by atoms with van der Waals surface area (Å²) in [6.07, 6.45) is 4.50. The Morgan fingerprint density at radius 2 is 1.96 bits per heavy atom. The molecule has 1 unspecified atom stereocenters. The number of hydrogen-bond donors (Lipinski definition) is 1. The van der Waals surface area contributed by atoms with E-state index in [2.05, 4.69) is 34.3 Å². The van der Waals surface area contributed by atoms with Crippen LogP contribution >= 0.6 is 0 Å². The van der Waals surface area contributed by atoms with Gasteiger partial charge in [0, 0.05) is 25.3 Å². The van der Waals surface area contributed by atoms with Gasteiger partial charge in [0.05, 0.1) is 5.92 Å². The zero-order valence-electron chi connectivity index (χ0n) is 15.0. The van der Waals surface area contributed by atoms with Crippen molar-refractivity contribution in [3.63, 3.8) is 0 Å². The fourth-order valence-electron chi connectivity index (χ4n) is 3.45. The Hall–Kier alpha value is -2.43. The largest absolute Gasteiger partial charge is 0.367 e. The molecule has 5 heteroatoms.